The van der Waals surface area contributed by atoms with E-state index in [1.165, 1.54) is 0 Å². The third-order valence-corrected chi connectivity index (χ3v) is 2.98. The van der Waals surface area contributed by atoms with E-state index in [4.69, 9.17) is 4.74 Å². The lowest BCUT2D eigenvalue weighted by atomic mass is 10.3. The van der Waals surface area contributed by atoms with E-state index in [-0.39, 0.29) is 18.1 Å². The van der Waals surface area contributed by atoms with E-state index in [9.17, 15) is 17.2 Å². The molecular weight excluding hydrogens is 264 g/mol. The molecule has 1 rings (SSSR count). The summed E-state index contributed by atoms with van der Waals surface area (Å²) in [6, 6.07) is 2.93. The summed E-state index contributed by atoms with van der Waals surface area (Å²) in [6.45, 7) is 0.917. The molecule has 7 heteroatoms. The van der Waals surface area contributed by atoms with Crippen molar-refractivity contribution in [3.63, 3.8) is 0 Å². The van der Waals surface area contributed by atoms with Crippen LogP contribution >= 0.6 is 0 Å². The normalized spacial score (nSPS) is 11.5. The second-order valence-electron chi connectivity index (χ2n) is 3.83. The highest BCUT2D eigenvalue weighted by atomic mass is 32.2. The van der Waals surface area contributed by atoms with Crippen LogP contribution in [0.2, 0.25) is 0 Å². The number of sulfone groups is 1. The summed E-state index contributed by atoms with van der Waals surface area (Å²) in [5.74, 6) is -1.25. The van der Waals surface area contributed by atoms with Gasteiger partial charge >= 0.3 is 0 Å². The number of hydrogen-bond acceptors (Lipinski definition) is 4. The number of benzene rings is 1. The van der Waals surface area contributed by atoms with Crippen LogP contribution in [0.1, 0.15) is 0 Å². The molecule has 0 radical (unpaired) electrons. The Kier molecular flexibility index (Phi) is 5.49. The fraction of sp³-hybridized carbons (Fsp3) is 0.455. The summed E-state index contributed by atoms with van der Waals surface area (Å²) >= 11 is 0. The van der Waals surface area contributed by atoms with E-state index in [0.717, 1.165) is 24.5 Å². The van der Waals surface area contributed by atoms with Crippen molar-refractivity contribution in [2.45, 2.75) is 0 Å². The van der Waals surface area contributed by atoms with Crippen LogP contribution in [-0.4, -0.2) is 40.1 Å². The van der Waals surface area contributed by atoms with Gasteiger partial charge in [-0.25, -0.2) is 17.2 Å². The molecule has 1 aromatic rings. The van der Waals surface area contributed by atoms with Crippen LogP contribution in [-0.2, 0) is 9.84 Å². The Morgan fingerprint density at radius 1 is 1.17 bits per heavy atom. The molecule has 0 amide bonds. The fourth-order valence-corrected chi connectivity index (χ4v) is 1.75. The van der Waals surface area contributed by atoms with Gasteiger partial charge in [0.05, 0.1) is 5.75 Å². The molecule has 0 saturated heterocycles. The van der Waals surface area contributed by atoms with Crippen molar-refractivity contribution >= 4 is 9.84 Å². The quantitative estimate of drug-likeness (QED) is 0.756. The third kappa shape index (κ3) is 6.51. The van der Waals surface area contributed by atoms with Crippen LogP contribution in [0.5, 0.6) is 5.75 Å². The molecule has 0 fully saturated rings. The van der Waals surface area contributed by atoms with Crippen molar-refractivity contribution in [1.29, 1.82) is 0 Å². The molecule has 4 nitrogen and oxygen atoms in total. The first-order valence-electron chi connectivity index (χ1n) is 5.34. The smallest absolute Gasteiger partial charge is 0.148 e. The highest BCUT2D eigenvalue weighted by Gasteiger charge is 2.02. The summed E-state index contributed by atoms with van der Waals surface area (Å²) in [5, 5.41) is 2.85. The average Bonchev–Trinajstić information content (AvgIpc) is 2.20. The lowest BCUT2D eigenvalue weighted by Gasteiger charge is -2.07. The Morgan fingerprint density at radius 3 is 2.33 bits per heavy atom. The molecule has 1 aromatic carbocycles. The zero-order valence-corrected chi connectivity index (χ0v) is 10.8. The van der Waals surface area contributed by atoms with Crippen molar-refractivity contribution in [2.75, 3.05) is 31.7 Å². The van der Waals surface area contributed by atoms with Crippen LogP contribution < -0.4 is 10.1 Å². The average molecular weight is 279 g/mol. The lowest BCUT2D eigenvalue weighted by Crippen LogP contribution is -2.26. The summed E-state index contributed by atoms with van der Waals surface area (Å²) < 4.78 is 52.3. The molecule has 0 unspecified atom stereocenters. The van der Waals surface area contributed by atoms with E-state index in [2.05, 4.69) is 5.32 Å². The Morgan fingerprint density at radius 2 is 1.78 bits per heavy atom. The number of nitrogens with one attached hydrogen (secondary N) is 1. The second kappa shape index (κ2) is 6.65. The van der Waals surface area contributed by atoms with Gasteiger partial charge in [0.2, 0.25) is 0 Å². The van der Waals surface area contributed by atoms with Gasteiger partial charge in [0.15, 0.2) is 0 Å². The van der Waals surface area contributed by atoms with Gasteiger partial charge in [-0.15, -0.1) is 0 Å². The van der Waals surface area contributed by atoms with Crippen LogP contribution in [0.25, 0.3) is 0 Å². The Bertz CT molecular complexity index is 471. The zero-order chi connectivity index (χ0) is 13.6. The molecule has 0 bridgehead atoms. The van der Waals surface area contributed by atoms with E-state index in [1.807, 2.05) is 0 Å². The van der Waals surface area contributed by atoms with Crippen molar-refractivity contribution in [1.82, 2.24) is 5.32 Å². The first kappa shape index (κ1) is 14.8. The summed E-state index contributed by atoms with van der Waals surface area (Å²) in [6.07, 6.45) is 1.15. The fourth-order valence-electron chi connectivity index (χ4n) is 1.24. The lowest BCUT2D eigenvalue weighted by molar-refractivity contribution is 0.312. The molecule has 0 saturated carbocycles. The molecule has 0 atom stereocenters. The maximum Gasteiger partial charge on any atom is 0.148 e. The van der Waals surface area contributed by atoms with Gasteiger partial charge in [0.1, 0.15) is 33.8 Å². The van der Waals surface area contributed by atoms with Gasteiger partial charge in [-0.1, -0.05) is 0 Å². The Labute approximate surface area is 105 Å². The predicted octanol–water partition coefficient (Wildman–Crippen LogP) is 0.978. The van der Waals surface area contributed by atoms with Crippen LogP contribution in [0.3, 0.4) is 0 Å². The molecule has 0 aliphatic carbocycles. The van der Waals surface area contributed by atoms with Crippen LogP contribution in [0.15, 0.2) is 18.2 Å². The monoisotopic (exact) mass is 279 g/mol. The first-order chi connectivity index (χ1) is 8.37. The summed E-state index contributed by atoms with van der Waals surface area (Å²) in [4.78, 5) is 0. The maximum atomic E-state index is 12.8. The molecule has 0 aliphatic heterocycles. The number of halogens is 2. The molecule has 0 heterocycles. The van der Waals surface area contributed by atoms with Gasteiger partial charge in [-0.2, -0.15) is 0 Å². The van der Waals surface area contributed by atoms with Gasteiger partial charge in [0.25, 0.3) is 0 Å². The molecule has 1 N–H and O–H groups in total. The Balaban J connectivity index is 2.22. The minimum atomic E-state index is -2.98. The van der Waals surface area contributed by atoms with Crippen molar-refractivity contribution < 1.29 is 21.9 Å². The van der Waals surface area contributed by atoms with Crippen molar-refractivity contribution in [2.24, 2.45) is 0 Å². The van der Waals surface area contributed by atoms with E-state index in [1.54, 1.807) is 0 Å². The Hall–Kier alpha value is -1.21. The summed E-state index contributed by atoms with van der Waals surface area (Å²) in [5.41, 5.74) is 0. The molecule has 0 aliphatic rings. The molecule has 0 spiro atoms. The van der Waals surface area contributed by atoms with Crippen LogP contribution in [0, 0.1) is 11.6 Å². The molecule has 0 aromatic heterocycles. The van der Waals surface area contributed by atoms with Crippen LogP contribution in [0.4, 0.5) is 8.78 Å². The van der Waals surface area contributed by atoms with E-state index in [0.29, 0.717) is 13.1 Å². The number of rotatable bonds is 7. The van der Waals surface area contributed by atoms with Gasteiger partial charge in [-0.3, -0.25) is 0 Å². The van der Waals surface area contributed by atoms with Gasteiger partial charge in [-0.05, 0) is 0 Å². The topological polar surface area (TPSA) is 55.4 Å². The number of ether oxygens (including phenoxy) is 1. The minimum absolute atomic E-state index is 0.0432. The first-order valence-corrected chi connectivity index (χ1v) is 7.40. The second-order valence-corrected chi connectivity index (χ2v) is 6.09. The minimum Gasteiger partial charge on any atom is -0.492 e. The summed E-state index contributed by atoms with van der Waals surface area (Å²) in [7, 11) is -2.98. The molecule has 102 valence electrons. The third-order valence-electron chi connectivity index (χ3n) is 2.03. The molecular formula is C11H15F2NO3S. The highest BCUT2D eigenvalue weighted by Crippen LogP contribution is 2.14. The SMILES string of the molecule is CS(=O)(=O)CCNCCOc1cc(F)cc(F)c1. The standard InChI is InChI=1S/C11H15F2NO3S/c1-18(15,16)5-3-14-2-4-17-11-7-9(12)6-10(13)8-11/h6-8,14H,2-5H2,1H3. The van der Waals surface area contributed by atoms with E-state index >= 15 is 0 Å². The largest absolute Gasteiger partial charge is 0.492 e. The molecule has 18 heavy (non-hydrogen) atoms. The predicted molar refractivity (Wildman–Crippen MR) is 64.4 cm³/mol. The van der Waals surface area contributed by atoms with Crippen molar-refractivity contribution in [3.8, 4) is 5.75 Å². The zero-order valence-electron chi connectivity index (χ0n) is 9.95. The van der Waals surface area contributed by atoms with E-state index < -0.39 is 21.5 Å². The number of hydrogen-bond donors (Lipinski definition) is 1. The maximum absolute atomic E-state index is 12.8. The van der Waals surface area contributed by atoms with Gasteiger partial charge in [0, 0.05) is 37.5 Å². The highest BCUT2D eigenvalue weighted by molar-refractivity contribution is 7.90. The van der Waals surface area contributed by atoms with Gasteiger partial charge < -0.3 is 10.1 Å². The van der Waals surface area contributed by atoms with Crippen molar-refractivity contribution in [3.05, 3.63) is 29.8 Å².